The topological polar surface area (TPSA) is 49.7 Å². The molecule has 0 radical (unpaired) electrons. The molecule has 4 saturated carbocycles. The van der Waals surface area contributed by atoms with Gasteiger partial charge >= 0.3 is 0 Å². The minimum Gasteiger partial charge on any atom is -0.388 e. The van der Waals surface area contributed by atoms with Crippen LogP contribution in [0.25, 0.3) is 0 Å². The Kier molecular flexibility index (Phi) is 3.36. The van der Waals surface area contributed by atoms with Gasteiger partial charge in [0.1, 0.15) is 10.4 Å². The van der Waals surface area contributed by atoms with Gasteiger partial charge in [0.25, 0.3) is 5.91 Å². The van der Waals surface area contributed by atoms with E-state index in [2.05, 4.69) is 4.99 Å². The SMILES string of the molecule is CC(C)(O)C1(C)SC(CC2C3CC4CC2CC(F)(C4)C3)=NC1=O. The molecular formula is C18H26FNO2S. The lowest BCUT2D eigenvalue weighted by atomic mass is 9.50. The third-order valence-corrected chi connectivity index (χ3v) is 8.50. The van der Waals surface area contributed by atoms with Crippen molar-refractivity contribution in [3.63, 3.8) is 0 Å². The Balaban J connectivity index is 1.50. The Bertz CT molecular complexity index is 568. The van der Waals surface area contributed by atoms with Gasteiger partial charge in [0.05, 0.1) is 10.6 Å². The number of halogens is 1. The van der Waals surface area contributed by atoms with Crippen LogP contribution in [0.1, 0.15) is 59.3 Å². The summed E-state index contributed by atoms with van der Waals surface area (Å²) < 4.78 is 13.9. The Morgan fingerprint density at radius 2 is 1.91 bits per heavy atom. The molecule has 4 bridgehead atoms. The van der Waals surface area contributed by atoms with Crippen LogP contribution < -0.4 is 0 Å². The molecule has 5 heteroatoms. The minimum absolute atomic E-state index is 0.226. The second kappa shape index (κ2) is 4.81. The fourth-order valence-electron chi connectivity index (χ4n) is 5.56. The first-order chi connectivity index (χ1) is 10.6. The van der Waals surface area contributed by atoms with Crippen molar-refractivity contribution in [3.05, 3.63) is 0 Å². The molecule has 4 aliphatic carbocycles. The molecule has 0 spiro atoms. The van der Waals surface area contributed by atoms with E-state index < -0.39 is 16.0 Å². The Morgan fingerprint density at radius 1 is 1.30 bits per heavy atom. The van der Waals surface area contributed by atoms with Gasteiger partial charge < -0.3 is 5.11 Å². The number of thioether (sulfide) groups is 1. The molecular weight excluding hydrogens is 313 g/mol. The van der Waals surface area contributed by atoms with Gasteiger partial charge in [-0.15, -0.1) is 0 Å². The Hall–Kier alpha value is -0.420. The molecule has 1 aliphatic heterocycles. The summed E-state index contributed by atoms with van der Waals surface area (Å²) in [5, 5.41) is 11.2. The molecule has 1 N–H and O–H groups in total. The van der Waals surface area contributed by atoms with Crippen LogP contribution in [-0.2, 0) is 4.79 Å². The Labute approximate surface area is 141 Å². The van der Waals surface area contributed by atoms with Crippen LogP contribution in [0.15, 0.2) is 4.99 Å². The number of hydrogen-bond acceptors (Lipinski definition) is 3. The van der Waals surface area contributed by atoms with Gasteiger partial charge in [-0.2, -0.15) is 0 Å². The lowest BCUT2D eigenvalue weighted by Gasteiger charge is -2.57. The molecule has 4 fully saturated rings. The van der Waals surface area contributed by atoms with Crippen molar-refractivity contribution >= 4 is 22.7 Å². The van der Waals surface area contributed by atoms with Crippen LogP contribution in [0, 0.1) is 23.7 Å². The lowest BCUT2D eigenvalue weighted by molar-refractivity contribution is -0.124. The highest BCUT2D eigenvalue weighted by Crippen LogP contribution is 2.61. The first-order valence-electron chi connectivity index (χ1n) is 8.82. The monoisotopic (exact) mass is 339 g/mol. The maximum absolute atomic E-state index is 14.8. The number of alkyl halides is 1. The number of nitrogens with zero attached hydrogens (tertiary/aromatic N) is 1. The van der Waals surface area contributed by atoms with Gasteiger partial charge in [-0.25, -0.2) is 9.38 Å². The smallest absolute Gasteiger partial charge is 0.265 e. The number of amides is 1. The predicted molar refractivity (Wildman–Crippen MR) is 90.2 cm³/mol. The van der Waals surface area contributed by atoms with Gasteiger partial charge in [-0.05, 0) is 83.0 Å². The molecule has 23 heavy (non-hydrogen) atoms. The van der Waals surface area contributed by atoms with E-state index in [1.54, 1.807) is 20.8 Å². The van der Waals surface area contributed by atoms with Crippen LogP contribution >= 0.6 is 11.8 Å². The summed E-state index contributed by atoms with van der Waals surface area (Å²) in [6.45, 7) is 5.13. The van der Waals surface area contributed by atoms with Crippen molar-refractivity contribution in [1.29, 1.82) is 0 Å². The van der Waals surface area contributed by atoms with Crippen molar-refractivity contribution in [3.8, 4) is 0 Å². The Morgan fingerprint density at radius 3 is 2.39 bits per heavy atom. The van der Waals surface area contributed by atoms with E-state index in [1.807, 2.05) is 0 Å². The molecule has 1 amide bonds. The largest absolute Gasteiger partial charge is 0.388 e. The molecule has 3 atom stereocenters. The standard InChI is InChI=1S/C18H26FNO2S/c1-16(2,22)17(3)15(21)20-14(23-17)6-13-11-4-10-5-12(13)9-18(19,7-10)8-11/h10-13,22H,4-9H2,1-3H3. The maximum atomic E-state index is 14.8. The number of hydrogen-bond donors (Lipinski definition) is 1. The molecule has 0 saturated heterocycles. The highest BCUT2D eigenvalue weighted by atomic mass is 32.2. The van der Waals surface area contributed by atoms with E-state index in [1.165, 1.54) is 11.8 Å². The van der Waals surface area contributed by atoms with E-state index in [9.17, 15) is 14.3 Å². The van der Waals surface area contributed by atoms with Crippen molar-refractivity contribution in [2.24, 2.45) is 28.7 Å². The summed E-state index contributed by atoms with van der Waals surface area (Å²) in [7, 11) is 0. The fraction of sp³-hybridized carbons (Fsp3) is 0.889. The molecule has 3 unspecified atom stereocenters. The number of carbonyl (C=O) groups excluding carboxylic acids is 1. The molecule has 0 aromatic rings. The van der Waals surface area contributed by atoms with Crippen LogP contribution in [0.2, 0.25) is 0 Å². The van der Waals surface area contributed by atoms with Crippen molar-refractivity contribution in [1.82, 2.24) is 0 Å². The second-order valence-electron chi connectivity index (χ2n) is 8.99. The summed E-state index contributed by atoms with van der Waals surface area (Å²) in [6.07, 6.45) is 5.29. The van der Waals surface area contributed by atoms with Crippen LogP contribution in [0.4, 0.5) is 4.39 Å². The molecule has 0 aromatic carbocycles. The van der Waals surface area contributed by atoms with Crippen LogP contribution in [0.3, 0.4) is 0 Å². The highest BCUT2D eigenvalue weighted by Gasteiger charge is 2.57. The zero-order valence-electron chi connectivity index (χ0n) is 14.1. The van der Waals surface area contributed by atoms with Gasteiger partial charge in [-0.1, -0.05) is 11.8 Å². The highest BCUT2D eigenvalue weighted by molar-refractivity contribution is 8.16. The summed E-state index contributed by atoms with van der Waals surface area (Å²) in [5.41, 5.74) is -2.01. The van der Waals surface area contributed by atoms with Gasteiger partial charge in [-0.3, -0.25) is 4.79 Å². The predicted octanol–water partition coefficient (Wildman–Crippen LogP) is 3.74. The van der Waals surface area contributed by atoms with E-state index in [0.717, 1.165) is 30.7 Å². The second-order valence-corrected chi connectivity index (χ2v) is 10.5. The fourth-order valence-corrected chi connectivity index (χ4v) is 6.82. The number of rotatable bonds is 3. The zero-order chi connectivity index (χ0) is 16.6. The molecule has 5 rings (SSSR count). The molecule has 5 aliphatic rings. The minimum atomic E-state index is -1.10. The van der Waals surface area contributed by atoms with Gasteiger partial charge in [0, 0.05) is 0 Å². The van der Waals surface area contributed by atoms with Crippen molar-refractivity contribution < 1.29 is 14.3 Å². The van der Waals surface area contributed by atoms with E-state index in [4.69, 9.17) is 0 Å². The van der Waals surface area contributed by atoms with E-state index in [-0.39, 0.29) is 5.91 Å². The van der Waals surface area contributed by atoms with E-state index >= 15 is 0 Å². The average Bonchev–Trinajstić information content (AvgIpc) is 2.68. The van der Waals surface area contributed by atoms with Crippen LogP contribution in [0.5, 0.6) is 0 Å². The summed E-state index contributed by atoms with van der Waals surface area (Å²) in [4.78, 5) is 16.6. The maximum Gasteiger partial charge on any atom is 0.265 e. The third kappa shape index (κ3) is 2.41. The summed E-state index contributed by atoms with van der Waals surface area (Å²) >= 11 is 1.43. The number of aliphatic imine (C=N–C) groups is 1. The zero-order valence-corrected chi connectivity index (χ0v) is 15.0. The first kappa shape index (κ1) is 16.1. The number of carbonyl (C=O) groups is 1. The van der Waals surface area contributed by atoms with E-state index in [0.29, 0.717) is 36.5 Å². The molecule has 1 heterocycles. The summed E-state index contributed by atoms with van der Waals surface area (Å²) in [6, 6.07) is 0. The number of aliphatic hydroxyl groups is 1. The third-order valence-electron chi connectivity index (χ3n) is 6.93. The quantitative estimate of drug-likeness (QED) is 0.852. The van der Waals surface area contributed by atoms with Crippen molar-refractivity contribution in [2.75, 3.05) is 0 Å². The first-order valence-corrected chi connectivity index (χ1v) is 9.64. The van der Waals surface area contributed by atoms with Crippen molar-refractivity contribution in [2.45, 2.75) is 75.3 Å². The molecule has 3 nitrogen and oxygen atoms in total. The van der Waals surface area contributed by atoms with Gasteiger partial charge in [0.2, 0.25) is 0 Å². The summed E-state index contributed by atoms with van der Waals surface area (Å²) in [5.74, 6) is 1.74. The normalized spacial score (nSPS) is 48.9. The van der Waals surface area contributed by atoms with Gasteiger partial charge in [0.15, 0.2) is 0 Å². The average molecular weight is 339 g/mol. The van der Waals surface area contributed by atoms with Crippen LogP contribution in [-0.4, -0.2) is 32.1 Å². The lowest BCUT2D eigenvalue weighted by Crippen LogP contribution is -2.52. The molecule has 0 aromatic heterocycles. The molecule has 128 valence electrons.